The van der Waals surface area contributed by atoms with Gasteiger partial charge >= 0.3 is 0 Å². The van der Waals surface area contributed by atoms with Crippen molar-refractivity contribution in [2.75, 3.05) is 36.4 Å². The maximum absolute atomic E-state index is 13.9. The predicted molar refractivity (Wildman–Crippen MR) is 103 cm³/mol. The predicted octanol–water partition coefficient (Wildman–Crippen LogP) is 3.22. The number of para-hydroxylation sites is 1. The number of hydrogen-bond donors (Lipinski definition) is 1. The number of benzene rings is 1. The molecule has 1 aromatic carbocycles. The number of carbonyl (C=O) groups excluding carboxylic acids is 1. The molecular formula is C20H20FN5O2. The molecule has 144 valence electrons. The smallest absolute Gasteiger partial charge is 0.255 e. The quantitative estimate of drug-likeness (QED) is 0.748. The van der Waals surface area contributed by atoms with Gasteiger partial charge < -0.3 is 19.6 Å². The standard InChI is InChI=1S/C20H20FN5O2/c1-14-12-19(24-28-14)23-18-7-6-15(13-22-18)20(27)26-10-8-25(9-11-26)17-5-3-2-4-16(17)21/h2-7,12-13H,8-11H2,1H3,(H,22,23,24). The van der Waals surface area contributed by atoms with Crippen LogP contribution in [0.15, 0.2) is 53.2 Å². The van der Waals surface area contributed by atoms with Gasteiger partial charge in [0.05, 0.1) is 11.3 Å². The second-order valence-corrected chi connectivity index (χ2v) is 6.61. The van der Waals surface area contributed by atoms with Gasteiger partial charge in [-0.3, -0.25) is 4.79 Å². The van der Waals surface area contributed by atoms with E-state index in [4.69, 9.17) is 4.52 Å². The number of hydrogen-bond acceptors (Lipinski definition) is 6. The van der Waals surface area contributed by atoms with Crippen LogP contribution in [0.4, 0.5) is 21.7 Å². The number of aryl methyl sites for hydroxylation is 1. The summed E-state index contributed by atoms with van der Waals surface area (Å²) in [5.41, 5.74) is 1.09. The molecule has 0 spiro atoms. The van der Waals surface area contributed by atoms with E-state index in [9.17, 15) is 9.18 Å². The van der Waals surface area contributed by atoms with E-state index in [0.717, 1.165) is 0 Å². The number of amides is 1. The Morgan fingerprint density at radius 1 is 1.11 bits per heavy atom. The molecule has 1 saturated heterocycles. The lowest BCUT2D eigenvalue weighted by Gasteiger charge is -2.36. The number of rotatable bonds is 4. The lowest BCUT2D eigenvalue weighted by molar-refractivity contribution is 0.0746. The lowest BCUT2D eigenvalue weighted by atomic mass is 10.2. The number of anilines is 3. The molecule has 28 heavy (non-hydrogen) atoms. The Bertz CT molecular complexity index is 965. The molecule has 0 bridgehead atoms. The van der Waals surface area contributed by atoms with Gasteiger partial charge in [-0.2, -0.15) is 0 Å². The van der Waals surface area contributed by atoms with Crippen LogP contribution in [-0.4, -0.2) is 47.1 Å². The Balaban J connectivity index is 1.36. The first-order chi connectivity index (χ1) is 13.6. The fourth-order valence-corrected chi connectivity index (χ4v) is 3.19. The zero-order chi connectivity index (χ0) is 19.5. The van der Waals surface area contributed by atoms with Crippen LogP contribution in [-0.2, 0) is 0 Å². The summed E-state index contributed by atoms with van der Waals surface area (Å²) in [6.45, 7) is 4.05. The molecule has 7 nitrogen and oxygen atoms in total. The maximum Gasteiger partial charge on any atom is 0.255 e. The van der Waals surface area contributed by atoms with Crippen LogP contribution in [0.1, 0.15) is 16.1 Å². The van der Waals surface area contributed by atoms with Crippen LogP contribution < -0.4 is 10.2 Å². The van der Waals surface area contributed by atoms with Crippen LogP contribution in [0.25, 0.3) is 0 Å². The SMILES string of the molecule is Cc1cc(Nc2ccc(C(=O)N3CCN(c4ccccc4F)CC3)cn2)no1. The van der Waals surface area contributed by atoms with Gasteiger partial charge in [0.1, 0.15) is 17.4 Å². The molecule has 1 aliphatic rings. The van der Waals surface area contributed by atoms with Crippen LogP contribution in [0.3, 0.4) is 0 Å². The molecule has 3 aromatic rings. The highest BCUT2D eigenvalue weighted by molar-refractivity contribution is 5.94. The molecule has 1 amide bonds. The van der Waals surface area contributed by atoms with Gasteiger partial charge in [-0.25, -0.2) is 9.37 Å². The third-order valence-electron chi connectivity index (χ3n) is 4.65. The van der Waals surface area contributed by atoms with Gasteiger partial charge in [-0.15, -0.1) is 0 Å². The second-order valence-electron chi connectivity index (χ2n) is 6.61. The number of piperazine rings is 1. The molecule has 0 aliphatic carbocycles. The van der Waals surface area contributed by atoms with Crippen LogP contribution in [0.2, 0.25) is 0 Å². The first-order valence-electron chi connectivity index (χ1n) is 9.05. The molecule has 1 aliphatic heterocycles. The zero-order valence-electron chi connectivity index (χ0n) is 15.4. The zero-order valence-corrected chi connectivity index (χ0v) is 15.4. The van der Waals surface area contributed by atoms with Crippen molar-refractivity contribution in [1.29, 1.82) is 0 Å². The summed E-state index contributed by atoms with van der Waals surface area (Å²) in [4.78, 5) is 20.7. The highest BCUT2D eigenvalue weighted by atomic mass is 19.1. The average molecular weight is 381 g/mol. The van der Waals surface area contributed by atoms with Gasteiger partial charge in [0.25, 0.3) is 5.91 Å². The molecule has 0 saturated carbocycles. The normalized spacial score (nSPS) is 14.2. The molecule has 8 heteroatoms. The summed E-state index contributed by atoms with van der Waals surface area (Å²) < 4.78 is 18.9. The maximum atomic E-state index is 13.9. The molecule has 2 aromatic heterocycles. The molecule has 4 rings (SSSR count). The van der Waals surface area contributed by atoms with Crippen LogP contribution >= 0.6 is 0 Å². The van der Waals surface area contributed by atoms with Gasteiger partial charge in [0, 0.05) is 38.4 Å². The van der Waals surface area contributed by atoms with Crippen molar-refractivity contribution < 1.29 is 13.7 Å². The van der Waals surface area contributed by atoms with Crippen molar-refractivity contribution in [3.05, 3.63) is 65.8 Å². The first-order valence-corrected chi connectivity index (χ1v) is 9.05. The van der Waals surface area contributed by atoms with Gasteiger partial charge in [0.15, 0.2) is 5.82 Å². The lowest BCUT2D eigenvalue weighted by Crippen LogP contribution is -2.49. The molecule has 3 heterocycles. The highest BCUT2D eigenvalue weighted by Crippen LogP contribution is 2.21. The third kappa shape index (κ3) is 3.80. The largest absolute Gasteiger partial charge is 0.366 e. The van der Waals surface area contributed by atoms with E-state index in [-0.39, 0.29) is 11.7 Å². The Labute approximate surface area is 161 Å². The number of aromatic nitrogens is 2. The van der Waals surface area contributed by atoms with E-state index in [1.54, 1.807) is 48.4 Å². The Kier molecular flexibility index (Phi) is 4.92. The fourth-order valence-electron chi connectivity index (χ4n) is 3.19. The van der Waals surface area contributed by atoms with E-state index in [1.165, 1.54) is 6.07 Å². The van der Waals surface area contributed by atoms with Crippen molar-refractivity contribution in [1.82, 2.24) is 15.0 Å². The highest BCUT2D eigenvalue weighted by Gasteiger charge is 2.23. The summed E-state index contributed by atoms with van der Waals surface area (Å²) in [5.74, 6) is 1.52. The molecule has 1 fully saturated rings. The summed E-state index contributed by atoms with van der Waals surface area (Å²) in [7, 11) is 0. The fraction of sp³-hybridized carbons (Fsp3) is 0.250. The van der Waals surface area contributed by atoms with E-state index in [0.29, 0.717) is 54.8 Å². The van der Waals surface area contributed by atoms with Gasteiger partial charge in [-0.1, -0.05) is 17.3 Å². The molecular weight excluding hydrogens is 361 g/mol. The van der Waals surface area contributed by atoms with E-state index in [2.05, 4.69) is 15.5 Å². The second kappa shape index (κ2) is 7.67. The summed E-state index contributed by atoms with van der Waals surface area (Å²) in [6, 6.07) is 11.9. The van der Waals surface area contributed by atoms with Gasteiger partial charge in [-0.05, 0) is 31.2 Å². The number of halogens is 1. The minimum atomic E-state index is -0.239. The molecule has 1 N–H and O–H groups in total. The Morgan fingerprint density at radius 3 is 2.54 bits per heavy atom. The monoisotopic (exact) mass is 381 g/mol. The topological polar surface area (TPSA) is 74.5 Å². The molecule has 0 atom stereocenters. The Morgan fingerprint density at radius 2 is 1.89 bits per heavy atom. The van der Waals surface area contributed by atoms with E-state index < -0.39 is 0 Å². The van der Waals surface area contributed by atoms with Crippen LogP contribution in [0.5, 0.6) is 0 Å². The van der Waals surface area contributed by atoms with Crippen molar-refractivity contribution >= 4 is 23.2 Å². The number of nitrogens with one attached hydrogen (secondary N) is 1. The van der Waals surface area contributed by atoms with Gasteiger partial charge in [0.2, 0.25) is 0 Å². The minimum absolute atomic E-state index is 0.0792. The Hall–Kier alpha value is -3.42. The minimum Gasteiger partial charge on any atom is -0.366 e. The summed E-state index contributed by atoms with van der Waals surface area (Å²) in [5, 5.41) is 6.86. The van der Waals surface area contributed by atoms with Crippen LogP contribution in [0, 0.1) is 12.7 Å². The molecule has 0 unspecified atom stereocenters. The molecule has 0 radical (unpaired) electrons. The van der Waals surface area contributed by atoms with E-state index >= 15 is 0 Å². The van der Waals surface area contributed by atoms with Crippen molar-refractivity contribution in [3.8, 4) is 0 Å². The van der Waals surface area contributed by atoms with Crippen molar-refractivity contribution in [2.45, 2.75) is 6.92 Å². The summed E-state index contributed by atoms with van der Waals surface area (Å²) in [6.07, 6.45) is 1.54. The van der Waals surface area contributed by atoms with Crippen molar-refractivity contribution in [2.24, 2.45) is 0 Å². The number of pyridine rings is 1. The number of carbonyl (C=O) groups is 1. The average Bonchev–Trinajstić information content (AvgIpc) is 3.13. The van der Waals surface area contributed by atoms with E-state index in [1.807, 2.05) is 11.0 Å². The summed E-state index contributed by atoms with van der Waals surface area (Å²) >= 11 is 0. The van der Waals surface area contributed by atoms with Crippen molar-refractivity contribution in [3.63, 3.8) is 0 Å². The number of nitrogens with zero attached hydrogens (tertiary/aromatic N) is 4. The third-order valence-corrected chi connectivity index (χ3v) is 4.65. The first kappa shape index (κ1) is 18.0.